The summed E-state index contributed by atoms with van der Waals surface area (Å²) in [4.78, 5) is 21.0. The quantitative estimate of drug-likeness (QED) is 0.459. The van der Waals surface area contributed by atoms with E-state index in [0.29, 0.717) is 0 Å². The van der Waals surface area contributed by atoms with Crippen LogP contribution in [0.5, 0.6) is 0 Å². The highest BCUT2D eigenvalue weighted by atomic mass is 16.2. The fourth-order valence-electron chi connectivity index (χ4n) is 0.395. The molecular formula is C6H13N3O2. The van der Waals surface area contributed by atoms with Crippen molar-refractivity contribution >= 4 is 11.8 Å². The summed E-state index contributed by atoms with van der Waals surface area (Å²) in [5, 5.41) is 2.40. The minimum atomic E-state index is -1.16. The lowest BCUT2D eigenvalue weighted by Crippen LogP contribution is -2.56. The molecule has 0 fully saturated rings. The Bertz CT molecular complexity index is 177. The summed E-state index contributed by atoms with van der Waals surface area (Å²) in [5.41, 5.74) is 9.20. The predicted octanol–water partition coefficient (Wildman–Crippen LogP) is -1.67. The summed E-state index contributed by atoms with van der Waals surface area (Å²) in [7, 11) is 0. The summed E-state index contributed by atoms with van der Waals surface area (Å²) in [6.07, 6.45) is 0. The molecule has 0 bridgehead atoms. The van der Waals surface area contributed by atoms with Crippen molar-refractivity contribution in [1.82, 2.24) is 5.32 Å². The average Bonchev–Trinajstić information content (AvgIpc) is 1.84. The zero-order chi connectivity index (χ0) is 9.07. The second kappa shape index (κ2) is 3.34. The van der Waals surface area contributed by atoms with Crippen LogP contribution in [0, 0.1) is 0 Å². The van der Waals surface area contributed by atoms with Crippen LogP contribution in [0.25, 0.3) is 0 Å². The Labute approximate surface area is 65.1 Å². The number of primary amides is 1. The van der Waals surface area contributed by atoms with Gasteiger partial charge in [0.25, 0.3) is 0 Å². The molecule has 2 amide bonds. The van der Waals surface area contributed by atoms with Crippen molar-refractivity contribution in [2.75, 3.05) is 6.54 Å². The van der Waals surface area contributed by atoms with Gasteiger partial charge in [0.2, 0.25) is 11.8 Å². The first-order valence-corrected chi connectivity index (χ1v) is 3.19. The van der Waals surface area contributed by atoms with Gasteiger partial charge in [-0.15, -0.1) is 0 Å². The Kier molecular flexibility index (Phi) is 3.00. The number of hydrogen-bond acceptors (Lipinski definition) is 3. The summed E-state index contributed by atoms with van der Waals surface area (Å²) < 4.78 is 0. The number of hydrogen-bond donors (Lipinski definition) is 3. The van der Waals surface area contributed by atoms with Crippen LogP contribution in [0.3, 0.4) is 0 Å². The molecule has 0 saturated heterocycles. The van der Waals surface area contributed by atoms with Crippen molar-refractivity contribution in [3.63, 3.8) is 0 Å². The summed E-state index contributed by atoms with van der Waals surface area (Å²) in [6, 6.07) is 0. The van der Waals surface area contributed by atoms with Crippen molar-refractivity contribution in [2.45, 2.75) is 19.4 Å². The van der Waals surface area contributed by atoms with Crippen LogP contribution in [0.2, 0.25) is 0 Å². The van der Waals surface area contributed by atoms with Crippen molar-refractivity contribution in [3.05, 3.63) is 0 Å². The van der Waals surface area contributed by atoms with Gasteiger partial charge in [0.05, 0.1) is 0 Å². The monoisotopic (exact) mass is 159 g/mol. The highest BCUT2D eigenvalue weighted by Gasteiger charge is 2.25. The van der Waals surface area contributed by atoms with Crippen LogP contribution in [-0.2, 0) is 9.59 Å². The molecule has 5 N–H and O–H groups in total. The third-order valence-corrected chi connectivity index (χ3v) is 1.27. The molecule has 64 valence electrons. The zero-order valence-electron chi connectivity index (χ0n) is 6.68. The standard InChI is InChI=1S/C6H13N3O2/c1-4(10)9-3-6(2,8)5(7)11/h3,8H2,1-2H3,(H2,7,11)(H,9,10). The second-order valence-corrected chi connectivity index (χ2v) is 2.69. The van der Waals surface area contributed by atoms with Crippen LogP contribution in [-0.4, -0.2) is 23.9 Å². The lowest BCUT2D eigenvalue weighted by Gasteiger charge is -2.19. The van der Waals surface area contributed by atoms with E-state index in [-0.39, 0.29) is 12.5 Å². The molecule has 0 spiro atoms. The second-order valence-electron chi connectivity index (χ2n) is 2.69. The Morgan fingerprint density at radius 2 is 2.00 bits per heavy atom. The molecule has 1 atom stereocenters. The van der Waals surface area contributed by atoms with Gasteiger partial charge in [-0.2, -0.15) is 0 Å². The van der Waals surface area contributed by atoms with E-state index in [9.17, 15) is 9.59 Å². The van der Waals surface area contributed by atoms with E-state index >= 15 is 0 Å². The Morgan fingerprint density at radius 1 is 1.55 bits per heavy atom. The normalized spacial score (nSPS) is 15.2. The van der Waals surface area contributed by atoms with Crippen molar-refractivity contribution < 1.29 is 9.59 Å². The molecule has 0 heterocycles. The van der Waals surface area contributed by atoms with Gasteiger partial charge in [0, 0.05) is 13.5 Å². The fourth-order valence-corrected chi connectivity index (χ4v) is 0.395. The van der Waals surface area contributed by atoms with Crippen molar-refractivity contribution in [1.29, 1.82) is 0 Å². The number of amides is 2. The van der Waals surface area contributed by atoms with Crippen LogP contribution in [0.1, 0.15) is 13.8 Å². The molecular weight excluding hydrogens is 146 g/mol. The molecule has 1 unspecified atom stereocenters. The molecule has 0 aromatic carbocycles. The smallest absolute Gasteiger partial charge is 0.239 e. The number of carbonyl (C=O) groups excluding carboxylic acids is 2. The molecule has 0 aromatic heterocycles. The van der Waals surface area contributed by atoms with E-state index in [1.54, 1.807) is 0 Å². The molecule has 11 heavy (non-hydrogen) atoms. The van der Waals surface area contributed by atoms with Gasteiger partial charge in [-0.1, -0.05) is 0 Å². The minimum Gasteiger partial charge on any atom is -0.368 e. The number of carbonyl (C=O) groups is 2. The molecule has 0 radical (unpaired) electrons. The predicted molar refractivity (Wildman–Crippen MR) is 40.5 cm³/mol. The first-order chi connectivity index (χ1) is 4.86. The van der Waals surface area contributed by atoms with Gasteiger partial charge in [0.15, 0.2) is 0 Å². The van der Waals surface area contributed by atoms with Gasteiger partial charge in [-0.05, 0) is 6.92 Å². The summed E-state index contributed by atoms with van der Waals surface area (Å²) in [6.45, 7) is 2.88. The van der Waals surface area contributed by atoms with Crippen LogP contribution in [0.4, 0.5) is 0 Å². The number of rotatable bonds is 3. The maximum absolute atomic E-state index is 10.6. The first kappa shape index (κ1) is 9.90. The van der Waals surface area contributed by atoms with Crippen LogP contribution >= 0.6 is 0 Å². The molecule has 0 aliphatic heterocycles. The SMILES string of the molecule is CC(=O)NCC(C)(N)C(N)=O. The fraction of sp³-hybridized carbons (Fsp3) is 0.667. The number of nitrogens with one attached hydrogen (secondary N) is 1. The molecule has 0 aliphatic carbocycles. The minimum absolute atomic E-state index is 0.0671. The molecule has 0 saturated carbocycles. The van der Waals surface area contributed by atoms with Gasteiger partial charge in [-0.3, -0.25) is 9.59 Å². The van der Waals surface area contributed by atoms with E-state index < -0.39 is 11.4 Å². The Balaban J connectivity index is 3.92. The van der Waals surface area contributed by atoms with Gasteiger partial charge >= 0.3 is 0 Å². The van der Waals surface area contributed by atoms with E-state index in [2.05, 4.69) is 5.32 Å². The maximum atomic E-state index is 10.6. The van der Waals surface area contributed by atoms with Gasteiger partial charge in [0.1, 0.15) is 5.54 Å². The van der Waals surface area contributed by atoms with Crippen molar-refractivity contribution in [2.24, 2.45) is 11.5 Å². The molecule has 5 nitrogen and oxygen atoms in total. The number of nitrogens with two attached hydrogens (primary N) is 2. The summed E-state index contributed by atoms with van der Waals surface area (Å²) >= 11 is 0. The highest BCUT2D eigenvalue weighted by molar-refractivity contribution is 5.85. The topological polar surface area (TPSA) is 98.2 Å². The van der Waals surface area contributed by atoms with Gasteiger partial charge in [-0.25, -0.2) is 0 Å². The average molecular weight is 159 g/mol. The highest BCUT2D eigenvalue weighted by Crippen LogP contribution is 1.93. The van der Waals surface area contributed by atoms with Crippen LogP contribution < -0.4 is 16.8 Å². The first-order valence-electron chi connectivity index (χ1n) is 3.19. The van der Waals surface area contributed by atoms with E-state index in [1.165, 1.54) is 13.8 Å². The molecule has 0 aromatic rings. The maximum Gasteiger partial charge on any atom is 0.239 e. The Morgan fingerprint density at radius 3 is 2.27 bits per heavy atom. The van der Waals surface area contributed by atoms with Crippen molar-refractivity contribution in [3.8, 4) is 0 Å². The third-order valence-electron chi connectivity index (χ3n) is 1.27. The van der Waals surface area contributed by atoms with E-state index in [1.807, 2.05) is 0 Å². The van der Waals surface area contributed by atoms with E-state index in [4.69, 9.17) is 11.5 Å². The third kappa shape index (κ3) is 3.57. The largest absolute Gasteiger partial charge is 0.368 e. The van der Waals surface area contributed by atoms with Gasteiger partial charge < -0.3 is 16.8 Å². The summed E-state index contributed by atoms with van der Waals surface area (Å²) in [5.74, 6) is -0.867. The van der Waals surface area contributed by atoms with Crippen LogP contribution in [0.15, 0.2) is 0 Å². The van der Waals surface area contributed by atoms with E-state index in [0.717, 1.165) is 0 Å². The Hall–Kier alpha value is -1.10. The molecule has 0 rings (SSSR count). The molecule has 5 heteroatoms. The lowest BCUT2D eigenvalue weighted by molar-refractivity contribution is -0.123. The molecule has 0 aliphatic rings. The lowest BCUT2D eigenvalue weighted by atomic mass is 10.0. The zero-order valence-corrected chi connectivity index (χ0v) is 6.68.